The first-order valence-electron chi connectivity index (χ1n) is 5.05. The maximum absolute atomic E-state index is 3.50. The van der Waals surface area contributed by atoms with Gasteiger partial charge >= 0.3 is 0 Å². The highest BCUT2D eigenvalue weighted by molar-refractivity contribution is 9.10. The van der Waals surface area contributed by atoms with Gasteiger partial charge in [-0.1, -0.05) is 22.0 Å². The van der Waals surface area contributed by atoms with Gasteiger partial charge in [-0.15, -0.1) is 0 Å². The van der Waals surface area contributed by atoms with Gasteiger partial charge in [-0.05, 0) is 31.7 Å². The minimum atomic E-state index is 0.384. The number of fused-ring (bicyclic) bond motifs is 1. The van der Waals surface area contributed by atoms with Crippen LogP contribution < -0.4 is 5.32 Å². The maximum atomic E-state index is 3.50. The molecule has 0 aliphatic carbocycles. The summed E-state index contributed by atoms with van der Waals surface area (Å²) >= 11 is 3.50. The summed E-state index contributed by atoms with van der Waals surface area (Å²) in [5, 5.41) is 4.60. The lowest BCUT2D eigenvalue weighted by Gasteiger charge is -2.08. The van der Waals surface area contributed by atoms with Crippen molar-refractivity contribution < 1.29 is 0 Å². The SMILES string of the molecule is CNC(C)c1cn(C)c2cc(Br)ccc12. The topological polar surface area (TPSA) is 17.0 Å². The first-order chi connectivity index (χ1) is 7.13. The summed E-state index contributed by atoms with van der Waals surface area (Å²) < 4.78 is 3.29. The molecule has 2 nitrogen and oxygen atoms in total. The van der Waals surface area contributed by atoms with Crippen molar-refractivity contribution in [3.05, 3.63) is 34.4 Å². The zero-order chi connectivity index (χ0) is 11.0. The number of nitrogens with one attached hydrogen (secondary N) is 1. The number of hydrogen-bond donors (Lipinski definition) is 1. The molecule has 0 saturated carbocycles. The van der Waals surface area contributed by atoms with Crippen molar-refractivity contribution in [2.24, 2.45) is 7.05 Å². The molecule has 2 aromatic rings. The van der Waals surface area contributed by atoms with E-state index in [1.807, 2.05) is 7.05 Å². The van der Waals surface area contributed by atoms with Crippen LogP contribution in [-0.2, 0) is 7.05 Å². The first-order valence-corrected chi connectivity index (χ1v) is 5.84. The van der Waals surface area contributed by atoms with Gasteiger partial charge in [-0.2, -0.15) is 0 Å². The molecular weight excluding hydrogens is 252 g/mol. The Hall–Kier alpha value is -0.800. The molecule has 1 N–H and O–H groups in total. The Labute approximate surface area is 98.4 Å². The predicted octanol–water partition coefficient (Wildman–Crippen LogP) is 3.22. The molecule has 3 heteroatoms. The van der Waals surface area contributed by atoms with Crippen LogP contribution in [0.25, 0.3) is 10.9 Å². The van der Waals surface area contributed by atoms with Crippen LogP contribution in [0.5, 0.6) is 0 Å². The van der Waals surface area contributed by atoms with E-state index in [9.17, 15) is 0 Å². The zero-order valence-corrected chi connectivity index (χ0v) is 10.8. The van der Waals surface area contributed by atoms with E-state index in [1.54, 1.807) is 0 Å². The van der Waals surface area contributed by atoms with Gasteiger partial charge in [-0.3, -0.25) is 0 Å². The Kier molecular flexibility index (Phi) is 2.85. The molecule has 0 amide bonds. The van der Waals surface area contributed by atoms with Gasteiger partial charge in [0, 0.05) is 34.7 Å². The van der Waals surface area contributed by atoms with Crippen LogP contribution in [0, 0.1) is 0 Å². The average Bonchev–Trinajstić information content (AvgIpc) is 2.55. The quantitative estimate of drug-likeness (QED) is 0.884. The lowest BCUT2D eigenvalue weighted by Crippen LogP contribution is -2.11. The highest BCUT2D eigenvalue weighted by Gasteiger charge is 2.11. The molecule has 0 aliphatic rings. The lowest BCUT2D eigenvalue weighted by atomic mass is 10.1. The van der Waals surface area contributed by atoms with E-state index in [1.165, 1.54) is 16.5 Å². The third-order valence-electron chi connectivity index (χ3n) is 2.88. The van der Waals surface area contributed by atoms with Crippen molar-refractivity contribution in [1.82, 2.24) is 9.88 Å². The number of hydrogen-bond acceptors (Lipinski definition) is 1. The van der Waals surface area contributed by atoms with Crippen LogP contribution in [0.4, 0.5) is 0 Å². The van der Waals surface area contributed by atoms with E-state index < -0.39 is 0 Å². The van der Waals surface area contributed by atoms with E-state index in [-0.39, 0.29) is 0 Å². The molecule has 15 heavy (non-hydrogen) atoms. The van der Waals surface area contributed by atoms with E-state index in [0.29, 0.717) is 6.04 Å². The van der Waals surface area contributed by atoms with Gasteiger partial charge in [0.1, 0.15) is 0 Å². The van der Waals surface area contributed by atoms with E-state index in [0.717, 1.165) is 4.47 Å². The number of benzene rings is 1. The Morgan fingerprint density at radius 1 is 1.40 bits per heavy atom. The Bertz CT molecular complexity index is 488. The van der Waals surface area contributed by atoms with Crippen molar-refractivity contribution in [2.45, 2.75) is 13.0 Å². The summed E-state index contributed by atoms with van der Waals surface area (Å²) in [6.07, 6.45) is 2.19. The number of rotatable bonds is 2. The molecule has 1 heterocycles. The first kappa shape index (κ1) is 10.7. The summed E-state index contributed by atoms with van der Waals surface area (Å²) in [7, 11) is 4.07. The average molecular weight is 267 g/mol. The molecule has 1 unspecified atom stereocenters. The largest absolute Gasteiger partial charge is 0.350 e. The molecule has 0 spiro atoms. The fourth-order valence-corrected chi connectivity index (χ4v) is 2.24. The second kappa shape index (κ2) is 3.99. The number of aryl methyl sites for hydroxylation is 1. The minimum Gasteiger partial charge on any atom is -0.350 e. The summed E-state index contributed by atoms with van der Waals surface area (Å²) in [5.74, 6) is 0. The van der Waals surface area contributed by atoms with Crippen molar-refractivity contribution in [3.63, 3.8) is 0 Å². The molecular formula is C12H15BrN2. The molecule has 1 aromatic heterocycles. The fraction of sp³-hybridized carbons (Fsp3) is 0.333. The molecule has 1 aromatic carbocycles. The van der Waals surface area contributed by atoms with Crippen LogP contribution in [0.1, 0.15) is 18.5 Å². The third kappa shape index (κ3) is 1.82. The molecule has 2 rings (SSSR count). The van der Waals surface area contributed by atoms with Gasteiger partial charge in [0.2, 0.25) is 0 Å². The van der Waals surface area contributed by atoms with Crippen molar-refractivity contribution in [2.75, 3.05) is 7.05 Å². The van der Waals surface area contributed by atoms with Crippen LogP contribution in [-0.4, -0.2) is 11.6 Å². The van der Waals surface area contributed by atoms with E-state index in [2.05, 4.69) is 64.2 Å². The van der Waals surface area contributed by atoms with Gasteiger partial charge in [0.05, 0.1) is 0 Å². The number of halogens is 1. The summed E-state index contributed by atoms with van der Waals surface area (Å²) in [6, 6.07) is 6.80. The molecule has 0 radical (unpaired) electrons. The minimum absolute atomic E-state index is 0.384. The Morgan fingerprint density at radius 2 is 2.13 bits per heavy atom. The standard InChI is InChI=1S/C12H15BrN2/c1-8(14-2)11-7-15(3)12-6-9(13)4-5-10(11)12/h4-8,14H,1-3H3. The maximum Gasteiger partial charge on any atom is 0.0492 e. The van der Waals surface area contributed by atoms with E-state index >= 15 is 0 Å². The van der Waals surface area contributed by atoms with Gasteiger partial charge < -0.3 is 9.88 Å². The normalized spacial score (nSPS) is 13.3. The number of aromatic nitrogens is 1. The van der Waals surface area contributed by atoms with Crippen LogP contribution in [0.2, 0.25) is 0 Å². The van der Waals surface area contributed by atoms with Crippen LogP contribution >= 0.6 is 15.9 Å². The lowest BCUT2D eigenvalue weighted by molar-refractivity contribution is 0.654. The summed E-state index contributed by atoms with van der Waals surface area (Å²) in [4.78, 5) is 0. The molecule has 80 valence electrons. The van der Waals surface area contributed by atoms with Crippen molar-refractivity contribution >= 4 is 26.8 Å². The third-order valence-corrected chi connectivity index (χ3v) is 3.38. The second-order valence-corrected chi connectivity index (χ2v) is 4.78. The fourth-order valence-electron chi connectivity index (χ4n) is 1.89. The molecule has 0 saturated heterocycles. The van der Waals surface area contributed by atoms with E-state index in [4.69, 9.17) is 0 Å². The molecule has 1 atom stereocenters. The Morgan fingerprint density at radius 3 is 2.80 bits per heavy atom. The van der Waals surface area contributed by atoms with Gasteiger partial charge in [0.15, 0.2) is 0 Å². The number of nitrogens with zero attached hydrogens (tertiary/aromatic N) is 1. The predicted molar refractivity (Wildman–Crippen MR) is 68.1 cm³/mol. The van der Waals surface area contributed by atoms with Gasteiger partial charge in [-0.25, -0.2) is 0 Å². The van der Waals surface area contributed by atoms with Crippen molar-refractivity contribution in [1.29, 1.82) is 0 Å². The highest BCUT2D eigenvalue weighted by atomic mass is 79.9. The summed E-state index contributed by atoms with van der Waals surface area (Å²) in [6.45, 7) is 2.18. The second-order valence-electron chi connectivity index (χ2n) is 3.87. The highest BCUT2D eigenvalue weighted by Crippen LogP contribution is 2.27. The molecule has 0 fully saturated rings. The molecule has 0 aliphatic heterocycles. The van der Waals surface area contributed by atoms with Crippen LogP contribution in [0.3, 0.4) is 0 Å². The Balaban J connectivity index is 2.68. The summed E-state index contributed by atoms with van der Waals surface area (Å²) in [5.41, 5.74) is 2.61. The zero-order valence-electron chi connectivity index (χ0n) is 9.21. The smallest absolute Gasteiger partial charge is 0.0492 e. The van der Waals surface area contributed by atoms with Crippen LogP contribution in [0.15, 0.2) is 28.9 Å². The monoisotopic (exact) mass is 266 g/mol. The van der Waals surface area contributed by atoms with Gasteiger partial charge in [0.25, 0.3) is 0 Å². The molecule has 0 bridgehead atoms. The van der Waals surface area contributed by atoms with Crippen molar-refractivity contribution in [3.8, 4) is 0 Å².